The molecule has 0 radical (unpaired) electrons. The van der Waals surface area contributed by atoms with Gasteiger partial charge in [0.05, 0.1) is 12.1 Å². The molecule has 0 aliphatic carbocycles. The van der Waals surface area contributed by atoms with Crippen LogP contribution >= 0.6 is 0 Å². The fourth-order valence-electron chi connectivity index (χ4n) is 1.64. The van der Waals surface area contributed by atoms with Crippen LogP contribution in [0.15, 0.2) is 39.7 Å². The first kappa shape index (κ1) is 12.2. The second kappa shape index (κ2) is 4.91. The number of hydrogen-bond acceptors (Lipinski definition) is 3. The van der Waals surface area contributed by atoms with Crippen molar-refractivity contribution in [3.05, 3.63) is 57.9 Å². The highest BCUT2D eigenvalue weighted by molar-refractivity contribution is 5.93. The highest BCUT2D eigenvalue weighted by Crippen LogP contribution is 2.10. The normalized spacial score (nSPS) is 10.3. The van der Waals surface area contributed by atoms with Gasteiger partial charge in [0, 0.05) is 19.3 Å². The van der Waals surface area contributed by atoms with Crippen LogP contribution < -0.4 is 5.56 Å². The first-order chi connectivity index (χ1) is 8.56. The average Bonchev–Trinajstić information content (AvgIpc) is 2.75. The summed E-state index contributed by atoms with van der Waals surface area (Å²) in [5.74, 6) is 1.38. The highest BCUT2D eigenvalue weighted by atomic mass is 16.3. The largest absolute Gasteiger partial charge is 0.464 e. The number of pyridine rings is 1. The summed E-state index contributed by atoms with van der Waals surface area (Å²) in [6.45, 7) is 2.25. The molecule has 2 heterocycles. The van der Waals surface area contributed by atoms with Gasteiger partial charge in [-0.15, -0.1) is 0 Å². The standard InChI is InChI=1S/C13H14N2O3/c1-9-3-5-11(18-9)8-15(2)13(17)10-4-6-12(16)14-7-10/h3-7H,8H2,1-2H3,(H,14,16). The number of nitrogens with zero attached hydrogens (tertiary/aromatic N) is 1. The molecule has 18 heavy (non-hydrogen) atoms. The summed E-state index contributed by atoms with van der Waals surface area (Å²) in [6.07, 6.45) is 1.41. The maximum Gasteiger partial charge on any atom is 0.255 e. The summed E-state index contributed by atoms with van der Waals surface area (Å²) in [5.41, 5.74) is 0.219. The maximum absolute atomic E-state index is 12.0. The molecule has 0 atom stereocenters. The fourth-order valence-corrected chi connectivity index (χ4v) is 1.64. The molecule has 2 aromatic heterocycles. The molecule has 0 saturated heterocycles. The molecule has 0 bridgehead atoms. The number of nitrogens with one attached hydrogen (secondary N) is 1. The number of carbonyl (C=O) groups is 1. The van der Waals surface area contributed by atoms with Crippen molar-refractivity contribution in [2.24, 2.45) is 0 Å². The molecular weight excluding hydrogens is 232 g/mol. The molecule has 2 rings (SSSR count). The molecule has 0 saturated carbocycles. The van der Waals surface area contributed by atoms with Gasteiger partial charge in [0.1, 0.15) is 11.5 Å². The smallest absolute Gasteiger partial charge is 0.255 e. The molecule has 0 unspecified atom stereocenters. The van der Waals surface area contributed by atoms with Crippen molar-refractivity contribution in [1.82, 2.24) is 9.88 Å². The van der Waals surface area contributed by atoms with Crippen molar-refractivity contribution < 1.29 is 9.21 Å². The predicted octanol–water partition coefficient (Wildman–Crippen LogP) is 1.55. The van der Waals surface area contributed by atoms with Gasteiger partial charge in [0.25, 0.3) is 5.91 Å². The van der Waals surface area contributed by atoms with E-state index in [1.807, 2.05) is 19.1 Å². The third-order valence-electron chi connectivity index (χ3n) is 2.57. The minimum Gasteiger partial charge on any atom is -0.464 e. The van der Waals surface area contributed by atoms with E-state index in [1.165, 1.54) is 23.2 Å². The summed E-state index contributed by atoms with van der Waals surface area (Å²) < 4.78 is 5.41. The van der Waals surface area contributed by atoms with E-state index >= 15 is 0 Å². The number of rotatable bonds is 3. The molecule has 2 aromatic rings. The number of furan rings is 1. The van der Waals surface area contributed by atoms with Crippen LogP contribution in [0.2, 0.25) is 0 Å². The van der Waals surface area contributed by atoms with Gasteiger partial charge in [-0.25, -0.2) is 0 Å². The van der Waals surface area contributed by atoms with E-state index in [1.54, 1.807) is 7.05 Å². The third kappa shape index (κ3) is 2.68. The second-order valence-corrected chi connectivity index (χ2v) is 4.12. The van der Waals surface area contributed by atoms with Crippen molar-refractivity contribution in [1.29, 1.82) is 0 Å². The van der Waals surface area contributed by atoms with E-state index in [0.717, 1.165) is 11.5 Å². The summed E-state index contributed by atoms with van der Waals surface area (Å²) in [7, 11) is 1.69. The minimum absolute atomic E-state index is 0.166. The monoisotopic (exact) mass is 246 g/mol. The Morgan fingerprint density at radius 2 is 2.11 bits per heavy atom. The summed E-state index contributed by atoms with van der Waals surface area (Å²) in [5, 5.41) is 0. The highest BCUT2D eigenvalue weighted by Gasteiger charge is 2.13. The van der Waals surface area contributed by atoms with Gasteiger partial charge >= 0.3 is 0 Å². The van der Waals surface area contributed by atoms with Crippen molar-refractivity contribution in [2.45, 2.75) is 13.5 Å². The van der Waals surface area contributed by atoms with E-state index in [9.17, 15) is 9.59 Å². The second-order valence-electron chi connectivity index (χ2n) is 4.12. The van der Waals surface area contributed by atoms with E-state index in [4.69, 9.17) is 4.42 Å². The molecule has 1 N–H and O–H groups in total. The van der Waals surface area contributed by atoms with E-state index < -0.39 is 0 Å². The number of aromatic amines is 1. The molecule has 94 valence electrons. The first-order valence-electron chi connectivity index (χ1n) is 5.56. The molecular formula is C13H14N2O3. The van der Waals surface area contributed by atoms with Gasteiger partial charge in [0.15, 0.2) is 0 Å². The SMILES string of the molecule is Cc1ccc(CN(C)C(=O)c2ccc(=O)[nH]c2)o1. The zero-order valence-electron chi connectivity index (χ0n) is 10.3. The quantitative estimate of drug-likeness (QED) is 0.893. The van der Waals surface area contributed by atoms with E-state index in [2.05, 4.69) is 4.98 Å². The molecule has 0 aliphatic heterocycles. The van der Waals surface area contributed by atoms with Crippen molar-refractivity contribution in [2.75, 3.05) is 7.05 Å². The zero-order chi connectivity index (χ0) is 13.1. The molecule has 0 aromatic carbocycles. The fraction of sp³-hybridized carbons (Fsp3) is 0.231. The van der Waals surface area contributed by atoms with Gasteiger partial charge in [-0.2, -0.15) is 0 Å². The number of aromatic nitrogens is 1. The van der Waals surface area contributed by atoms with Crippen molar-refractivity contribution in [3.63, 3.8) is 0 Å². The Balaban J connectivity index is 2.09. The van der Waals surface area contributed by atoms with E-state index in [-0.39, 0.29) is 11.5 Å². The lowest BCUT2D eigenvalue weighted by Gasteiger charge is -2.15. The number of amides is 1. The first-order valence-corrected chi connectivity index (χ1v) is 5.56. The molecule has 5 nitrogen and oxygen atoms in total. The van der Waals surface area contributed by atoms with Crippen molar-refractivity contribution >= 4 is 5.91 Å². The van der Waals surface area contributed by atoms with Crippen LogP contribution in [-0.2, 0) is 6.54 Å². The molecule has 1 amide bonds. The minimum atomic E-state index is -0.226. The Hall–Kier alpha value is -2.30. The lowest BCUT2D eigenvalue weighted by Crippen LogP contribution is -2.26. The number of hydrogen-bond donors (Lipinski definition) is 1. The number of carbonyl (C=O) groups excluding carboxylic acids is 1. The van der Waals surface area contributed by atoms with Crippen LogP contribution in [-0.4, -0.2) is 22.8 Å². The Bertz CT molecular complexity index is 592. The molecule has 0 fully saturated rings. The van der Waals surface area contributed by atoms with Gasteiger partial charge in [-0.05, 0) is 25.1 Å². The Labute approximate surface area is 104 Å². The van der Waals surface area contributed by atoms with Gasteiger partial charge in [-0.3, -0.25) is 9.59 Å². The average molecular weight is 246 g/mol. The number of aryl methyl sites for hydroxylation is 1. The van der Waals surface area contributed by atoms with Crippen LogP contribution in [0.25, 0.3) is 0 Å². The van der Waals surface area contributed by atoms with Crippen molar-refractivity contribution in [3.8, 4) is 0 Å². The van der Waals surface area contributed by atoms with Gasteiger partial charge in [-0.1, -0.05) is 0 Å². The van der Waals surface area contributed by atoms with Crippen LogP contribution in [0.4, 0.5) is 0 Å². The van der Waals surface area contributed by atoms with Crippen LogP contribution in [0.1, 0.15) is 21.9 Å². The third-order valence-corrected chi connectivity index (χ3v) is 2.57. The van der Waals surface area contributed by atoms with E-state index in [0.29, 0.717) is 12.1 Å². The summed E-state index contributed by atoms with van der Waals surface area (Å²) >= 11 is 0. The van der Waals surface area contributed by atoms with Gasteiger partial charge in [0.2, 0.25) is 5.56 Å². The Morgan fingerprint density at radius 3 is 2.67 bits per heavy atom. The summed E-state index contributed by atoms with van der Waals surface area (Å²) in [4.78, 5) is 27.0. The topological polar surface area (TPSA) is 66.3 Å². The van der Waals surface area contributed by atoms with Gasteiger partial charge < -0.3 is 14.3 Å². The molecule has 0 spiro atoms. The lowest BCUT2D eigenvalue weighted by atomic mass is 10.2. The van der Waals surface area contributed by atoms with Crippen LogP contribution in [0.3, 0.4) is 0 Å². The zero-order valence-corrected chi connectivity index (χ0v) is 10.3. The summed E-state index contributed by atoms with van der Waals surface area (Å²) in [6, 6.07) is 6.53. The maximum atomic E-state index is 12.0. The Morgan fingerprint density at radius 1 is 1.33 bits per heavy atom. The number of H-pyrrole nitrogens is 1. The predicted molar refractivity (Wildman–Crippen MR) is 66.3 cm³/mol. The Kier molecular flexibility index (Phi) is 3.32. The molecule has 0 aliphatic rings. The van der Waals surface area contributed by atoms with Crippen LogP contribution in [0, 0.1) is 6.92 Å². The van der Waals surface area contributed by atoms with Crippen LogP contribution in [0.5, 0.6) is 0 Å². The lowest BCUT2D eigenvalue weighted by molar-refractivity contribution is 0.0774. The molecule has 5 heteroatoms.